The molecule has 0 fully saturated rings. The average molecular weight is 464 g/mol. The number of nitrogens with zero attached hydrogens (tertiary/aromatic N) is 1. The number of hydrogen-bond donors (Lipinski definition) is 0. The van der Waals surface area contributed by atoms with E-state index in [9.17, 15) is 9.18 Å². The molecule has 0 radical (unpaired) electrons. The molecule has 0 saturated heterocycles. The van der Waals surface area contributed by atoms with E-state index in [0.717, 1.165) is 16.7 Å². The second-order valence-corrected chi connectivity index (χ2v) is 8.34. The zero-order chi connectivity index (χ0) is 24.1. The number of hydrogen-bond acceptors (Lipinski definition) is 4. The van der Waals surface area contributed by atoms with Gasteiger partial charge in [-0.05, 0) is 65.9 Å². The number of methoxy groups -OCH3 is 2. The van der Waals surface area contributed by atoms with Gasteiger partial charge in [0.05, 0.1) is 26.2 Å². The summed E-state index contributed by atoms with van der Waals surface area (Å²) < 4.78 is 30.5. The van der Waals surface area contributed by atoms with Gasteiger partial charge in [-0.1, -0.05) is 37.3 Å². The Labute approximate surface area is 200 Å². The zero-order valence-electron chi connectivity index (χ0n) is 19.8. The van der Waals surface area contributed by atoms with Gasteiger partial charge in [-0.2, -0.15) is 0 Å². The molecule has 1 heterocycles. The van der Waals surface area contributed by atoms with Crippen LogP contribution in [0.2, 0.25) is 0 Å². The molecule has 0 aromatic heterocycles. The fourth-order valence-electron chi connectivity index (χ4n) is 4.62. The fraction of sp³-hybridized carbons (Fsp3) is 0.321. The quantitative estimate of drug-likeness (QED) is 0.440. The summed E-state index contributed by atoms with van der Waals surface area (Å²) in [4.78, 5) is 15.8. The van der Waals surface area contributed by atoms with Crippen LogP contribution in [0.25, 0.3) is 0 Å². The van der Waals surface area contributed by atoms with Crippen molar-refractivity contribution in [1.29, 1.82) is 0 Å². The van der Waals surface area contributed by atoms with Crippen LogP contribution in [-0.4, -0.2) is 38.2 Å². The highest BCUT2D eigenvalue weighted by Crippen LogP contribution is 2.40. The highest BCUT2D eigenvalue weighted by atomic mass is 19.1. The molecule has 1 amide bonds. The van der Waals surface area contributed by atoms with Gasteiger partial charge in [0.1, 0.15) is 18.2 Å². The van der Waals surface area contributed by atoms with Crippen molar-refractivity contribution in [2.75, 3.05) is 27.4 Å². The van der Waals surface area contributed by atoms with Crippen LogP contribution in [0.4, 0.5) is 4.39 Å². The van der Waals surface area contributed by atoms with Crippen LogP contribution < -0.4 is 14.2 Å². The minimum atomic E-state index is -0.322. The number of amides is 1. The molecule has 0 saturated carbocycles. The van der Waals surface area contributed by atoms with Crippen molar-refractivity contribution in [2.24, 2.45) is 0 Å². The first-order valence-electron chi connectivity index (χ1n) is 11.5. The van der Waals surface area contributed by atoms with Crippen LogP contribution in [0.15, 0.2) is 66.7 Å². The molecular weight excluding hydrogens is 433 g/mol. The maximum absolute atomic E-state index is 13.8. The summed E-state index contributed by atoms with van der Waals surface area (Å²) in [7, 11) is 3.21. The number of ether oxygens (including phenoxy) is 3. The van der Waals surface area contributed by atoms with Crippen molar-refractivity contribution in [3.8, 4) is 17.2 Å². The number of rotatable bonds is 8. The first-order chi connectivity index (χ1) is 16.5. The summed E-state index contributed by atoms with van der Waals surface area (Å²) >= 11 is 0. The van der Waals surface area contributed by atoms with Gasteiger partial charge >= 0.3 is 0 Å². The molecule has 2 unspecified atom stereocenters. The first-order valence-corrected chi connectivity index (χ1v) is 11.5. The second kappa shape index (κ2) is 10.6. The highest BCUT2D eigenvalue weighted by molar-refractivity contribution is 5.84. The Bertz CT molecular complexity index is 1120. The maximum atomic E-state index is 13.8. The Hall–Kier alpha value is -3.54. The number of carbonyl (C=O) groups excluding carboxylic acids is 1. The number of benzene rings is 3. The summed E-state index contributed by atoms with van der Waals surface area (Å²) in [6.45, 7) is 2.85. The molecule has 0 spiro atoms. The molecule has 178 valence electrons. The van der Waals surface area contributed by atoms with Gasteiger partial charge in [0, 0.05) is 6.54 Å². The van der Waals surface area contributed by atoms with E-state index < -0.39 is 0 Å². The summed E-state index contributed by atoms with van der Waals surface area (Å²) in [6.07, 6.45) is 1.41. The van der Waals surface area contributed by atoms with Gasteiger partial charge in [-0.25, -0.2) is 4.39 Å². The molecule has 3 aromatic carbocycles. The van der Waals surface area contributed by atoms with E-state index in [1.54, 1.807) is 26.4 Å². The fourth-order valence-corrected chi connectivity index (χ4v) is 4.62. The summed E-state index contributed by atoms with van der Waals surface area (Å²) in [5.41, 5.74) is 3.08. The van der Waals surface area contributed by atoms with Crippen LogP contribution >= 0.6 is 0 Å². The minimum absolute atomic E-state index is 0.0711. The largest absolute Gasteiger partial charge is 0.493 e. The summed E-state index contributed by atoms with van der Waals surface area (Å²) in [5.74, 6) is 1.33. The van der Waals surface area contributed by atoms with Gasteiger partial charge in [0.2, 0.25) is 5.91 Å². The smallest absolute Gasteiger partial charge is 0.230 e. The van der Waals surface area contributed by atoms with Gasteiger partial charge in [0.25, 0.3) is 0 Å². The molecule has 1 aliphatic heterocycles. The molecule has 0 aliphatic carbocycles. The van der Waals surface area contributed by atoms with E-state index in [1.807, 2.05) is 54.3 Å². The Morgan fingerprint density at radius 1 is 1.03 bits per heavy atom. The minimum Gasteiger partial charge on any atom is -0.493 e. The number of halogens is 1. The van der Waals surface area contributed by atoms with Crippen LogP contribution in [0.5, 0.6) is 17.2 Å². The first kappa shape index (κ1) is 23.6. The van der Waals surface area contributed by atoms with E-state index in [4.69, 9.17) is 14.2 Å². The molecular formula is C28H30FNO4. The molecule has 2 atom stereocenters. The highest BCUT2D eigenvalue weighted by Gasteiger charge is 2.35. The van der Waals surface area contributed by atoms with Crippen molar-refractivity contribution in [1.82, 2.24) is 4.90 Å². The predicted octanol–water partition coefficient (Wildman–Crippen LogP) is 5.54. The topological polar surface area (TPSA) is 48.0 Å². The monoisotopic (exact) mass is 463 g/mol. The lowest BCUT2D eigenvalue weighted by atomic mass is 9.89. The Morgan fingerprint density at radius 3 is 2.35 bits per heavy atom. The van der Waals surface area contributed by atoms with Crippen molar-refractivity contribution in [3.05, 3.63) is 89.2 Å². The third kappa shape index (κ3) is 4.86. The zero-order valence-corrected chi connectivity index (χ0v) is 19.8. The standard InChI is InChI=1S/C28H30FNO4/c1-4-23(19-8-6-5-7-9-19)28(31)30-15-14-20-16-26(32-2)27(33-3)17-24(20)25(30)18-34-22-12-10-21(29)11-13-22/h5-13,16-17,23,25H,4,14-15,18H2,1-3H3. The van der Waals surface area contributed by atoms with Crippen LogP contribution in [0.3, 0.4) is 0 Å². The van der Waals surface area contributed by atoms with Crippen molar-refractivity contribution >= 4 is 5.91 Å². The van der Waals surface area contributed by atoms with E-state index in [0.29, 0.717) is 36.6 Å². The SMILES string of the molecule is CCC(C(=O)N1CCc2cc(OC)c(OC)cc2C1COc1ccc(F)cc1)c1ccccc1. The Kier molecular flexibility index (Phi) is 7.36. The lowest BCUT2D eigenvalue weighted by Crippen LogP contribution is -2.44. The van der Waals surface area contributed by atoms with Crippen molar-refractivity contribution < 1.29 is 23.4 Å². The molecule has 6 heteroatoms. The molecule has 1 aliphatic rings. The van der Waals surface area contributed by atoms with Crippen molar-refractivity contribution in [2.45, 2.75) is 31.7 Å². The van der Waals surface area contributed by atoms with Crippen molar-refractivity contribution in [3.63, 3.8) is 0 Å². The van der Waals surface area contributed by atoms with Crippen LogP contribution in [0.1, 0.15) is 42.0 Å². The van der Waals surface area contributed by atoms with E-state index >= 15 is 0 Å². The predicted molar refractivity (Wildman–Crippen MR) is 129 cm³/mol. The van der Waals surface area contributed by atoms with Gasteiger partial charge in [-0.15, -0.1) is 0 Å². The molecule has 34 heavy (non-hydrogen) atoms. The lowest BCUT2D eigenvalue weighted by molar-refractivity contribution is -0.136. The van der Waals surface area contributed by atoms with Gasteiger partial charge < -0.3 is 19.1 Å². The van der Waals surface area contributed by atoms with E-state index in [-0.39, 0.29) is 30.3 Å². The molecule has 3 aromatic rings. The third-order valence-corrected chi connectivity index (χ3v) is 6.42. The number of fused-ring (bicyclic) bond motifs is 1. The second-order valence-electron chi connectivity index (χ2n) is 8.34. The van der Waals surface area contributed by atoms with Gasteiger partial charge in [0.15, 0.2) is 11.5 Å². The number of carbonyl (C=O) groups is 1. The molecule has 0 bridgehead atoms. The maximum Gasteiger partial charge on any atom is 0.230 e. The molecule has 0 N–H and O–H groups in total. The third-order valence-electron chi connectivity index (χ3n) is 6.42. The van der Waals surface area contributed by atoms with Crippen LogP contribution in [-0.2, 0) is 11.2 Å². The van der Waals surface area contributed by atoms with Gasteiger partial charge in [-0.3, -0.25) is 4.79 Å². The van der Waals surface area contributed by atoms with E-state index in [2.05, 4.69) is 0 Å². The molecule has 5 nitrogen and oxygen atoms in total. The Morgan fingerprint density at radius 2 is 1.71 bits per heavy atom. The summed E-state index contributed by atoms with van der Waals surface area (Å²) in [5, 5.41) is 0. The molecule has 4 rings (SSSR count). The average Bonchev–Trinajstić information content (AvgIpc) is 2.88. The lowest BCUT2D eigenvalue weighted by Gasteiger charge is -2.39. The Balaban J connectivity index is 1.69. The van der Waals surface area contributed by atoms with E-state index in [1.165, 1.54) is 12.1 Å². The summed E-state index contributed by atoms with van der Waals surface area (Å²) in [6, 6.07) is 19.4. The van der Waals surface area contributed by atoms with Crippen LogP contribution in [0, 0.1) is 5.82 Å². The normalized spacial score (nSPS) is 15.9.